The highest BCUT2D eigenvalue weighted by atomic mass is 16.6. The predicted molar refractivity (Wildman–Crippen MR) is 106 cm³/mol. The molecular formula is C22H21N3O4. The molecule has 2 heterocycles. The smallest absolute Gasteiger partial charge is 0.343 e. The van der Waals surface area contributed by atoms with Crippen molar-refractivity contribution >= 4 is 11.9 Å². The summed E-state index contributed by atoms with van der Waals surface area (Å²) < 4.78 is 11.9. The van der Waals surface area contributed by atoms with Crippen LogP contribution in [0.1, 0.15) is 21.5 Å². The van der Waals surface area contributed by atoms with Crippen LogP contribution in [-0.4, -0.2) is 40.3 Å². The Kier molecular flexibility index (Phi) is 5.03. The third kappa shape index (κ3) is 3.85. The molecule has 0 saturated carbocycles. The summed E-state index contributed by atoms with van der Waals surface area (Å²) in [6, 6.07) is 13.5. The third-order valence-electron chi connectivity index (χ3n) is 4.91. The molecule has 0 unspecified atom stereocenters. The molecular weight excluding hydrogens is 370 g/mol. The maximum absolute atomic E-state index is 12.9. The minimum atomic E-state index is -0.487. The van der Waals surface area contributed by atoms with Crippen molar-refractivity contribution in [2.75, 3.05) is 13.7 Å². The van der Waals surface area contributed by atoms with Gasteiger partial charge in [0, 0.05) is 31.9 Å². The maximum Gasteiger partial charge on any atom is 0.343 e. The van der Waals surface area contributed by atoms with E-state index >= 15 is 0 Å². The van der Waals surface area contributed by atoms with Crippen molar-refractivity contribution in [1.82, 2.24) is 14.7 Å². The van der Waals surface area contributed by atoms with Crippen LogP contribution in [0, 0.1) is 0 Å². The van der Waals surface area contributed by atoms with Crippen molar-refractivity contribution < 1.29 is 19.1 Å². The molecule has 0 spiro atoms. The molecule has 0 fully saturated rings. The van der Waals surface area contributed by atoms with E-state index in [0.717, 1.165) is 22.3 Å². The van der Waals surface area contributed by atoms with Gasteiger partial charge in [0.2, 0.25) is 0 Å². The number of ether oxygens (including phenoxy) is 2. The standard InChI is InChI=1S/C22H21N3O4/c1-24-12-18(10-23-24)16-8-6-15(7-9-16)11-25-13-17-4-3-5-19(21(17)22(25)27)29-14-20(26)28-2/h3-10,12H,11,13-14H2,1-2H3. The molecule has 29 heavy (non-hydrogen) atoms. The van der Waals surface area contributed by atoms with Gasteiger partial charge in [0.25, 0.3) is 5.91 Å². The number of amides is 1. The SMILES string of the molecule is COC(=O)COc1cccc2c1C(=O)N(Cc1ccc(-c3cnn(C)c3)cc1)C2. The molecule has 2 aromatic carbocycles. The molecule has 1 aliphatic heterocycles. The van der Waals surface area contributed by atoms with Crippen LogP contribution >= 0.6 is 0 Å². The van der Waals surface area contributed by atoms with Gasteiger partial charge in [-0.25, -0.2) is 4.79 Å². The molecule has 1 amide bonds. The number of carbonyl (C=O) groups is 2. The first kappa shape index (κ1) is 18.7. The van der Waals surface area contributed by atoms with Gasteiger partial charge in [0.15, 0.2) is 6.61 Å². The fourth-order valence-corrected chi connectivity index (χ4v) is 3.42. The zero-order valence-electron chi connectivity index (χ0n) is 16.3. The van der Waals surface area contributed by atoms with Gasteiger partial charge in [-0.05, 0) is 22.8 Å². The van der Waals surface area contributed by atoms with Gasteiger partial charge in [-0.15, -0.1) is 0 Å². The highest BCUT2D eigenvalue weighted by Gasteiger charge is 2.30. The highest BCUT2D eigenvalue weighted by Crippen LogP contribution is 2.32. The summed E-state index contributed by atoms with van der Waals surface area (Å²) in [4.78, 5) is 26.1. The predicted octanol–water partition coefficient (Wildman–Crippen LogP) is 2.79. The molecule has 3 aromatic rings. The molecule has 1 aliphatic rings. The van der Waals surface area contributed by atoms with Gasteiger partial charge in [-0.3, -0.25) is 9.48 Å². The van der Waals surface area contributed by atoms with E-state index in [1.807, 2.05) is 55.8 Å². The van der Waals surface area contributed by atoms with Gasteiger partial charge in [0.05, 0.1) is 18.9 Å². The molecule has 1 aromatic heterocycles. The van der Waals surface area contributed by atoms with Crippen LogP contribution in [0.25, 0.3) is 11.1 Å². The summed E-state index contributed by atoms with van der Waals surface area (Å²) in [6.45, 7) is 0.779. The fraction of sp³-hybridized carbons (Fsp3) is 0.227. The molecule has 0 bridgehead atoms. The highest BCUT2D eigenvalue weighted by molar-refractivity contribution is 6.01. The average Bonchev–Trinajstić information content (AvgIpc) is 3.30. The van der Waals surface area contributed by atoms with Gasteiger partial charge in [-0.2, -0.15) is 5.10 Å². The molecule has 0 aliphatic carbocycles. The van der Waals surface area contributed by atoms with E-state index < -0.39 is 5.97 Å². The third-order valence-corrected chi connectivity index (χ3v) is 4.91. The first-order valence-electron chi connectivity index (χ1n) is 9.24. The van der Waals surface area contributed by atoms with Crippen LogP contribution in [0.3, 0.4) is 0 Å². The first-order valence-corrected chi connectivity index (χ1v) is 9.24. The number of rotatable bonds is 6. The Bertz CT molecular complexity index is 1060. The number of hydrogen-bond donors (Lipinski definition) is 0. The number of aromatic nitrogens is 2. The number of methoxy groups -OCH3 is 1. The fourth-order valence-electron chi connectivity index (χ4n) is 3.42. The van der Waals surface area contributed by atoms with Crippen molar-refractivity contribution in [2.24, 2.45) is 7.05 Å². The summed E-state index contributed by atoms with van der Waals surface area (Å²) in [7, 11) is 3.19. The van der Waals surface area contributed by atoms with Gasteiger partial charge >= 0.3 is 5.97 Å². The van der Waals surface area contributed by atoms with Crippen LogP contribution in [0.4, 0.5) is 0 Å². The molecule has 7 nitrogen and oxygen atoms in total. The largest absolute Gasteiger partial charge is 0.481 e. The Hall–Kier alpha value is -3.61. The minimum absolute atomic E-state index is 0.100. The summed E-state index contributed by atoms with van der Waals surface area (Å²) in [5, 5.41) is 4.19. The van der Waals surface area contributed by atoms with Crippen LogP contribution in [-0.2, 0) is 29.7 Å². The zero-order chi connectivity index (χ0) is 20.4. The van der Waals surface area contributed by atoms with E-state index in [-0.39, 0.29) is 12.5 Å². The van der Waals surface area contributed by atoms with Crippen LogP contribution in [0.15, 0.2) is 54.9 Å². The lowest BCUT2D eigenvalue weighted by Crippen LogP contribution is -2.23. The number of nitrogens with zero attached hydrogens (tertiary/aromatic N) is 3. The summed E-state index contributed by atoms with van der Waals surface area (Å²) in [6.07, 6.45) is 3.79. The van der Waals surface area contributed by atoms with Crippen LogP contribution in [0.5, 0.6) is 5.75 Å². The average molecular weight is 391 g/mol. The Morgan fingerprint density at radius 2 is 1.93 bits per heavy atom. The van der Waals surface area contributed by atoms with Gasteiger partial charge in [0.1, 0.15) is 5.75 Å². The number of carbonyl (C=O) groups excluding carboxylic acids is 2. The molecule has 4 rings (SSSR count). The molecule has 0 radical (unpaired) electrons. The second kappa shape index (κ2) is 7.79. The van der Waals surface area contributed by atoms with Gasteiger partial charge < -0.3 is 14.4 Å². The monoisotopic (exact) mass is 391 g/mol. The van der Waals surface area contributed by atoms with E-state index in [0.29, 0.717) is 24.4 Å². The van der Waals surface area contributed by atoms with Crippen molar-refractivity contribution in [3.8, 4) is 16.9 Å². The van der Waals surface area contributed by atoms with E-state index in [1.54, 1.807) is 15.6 Å². The molecule has 7 heteroatoms. The lowest BCUT2D eigenvalue weighted by Gasteiger charge is -2.16. The van der Waals surface area contributed by atoms with Crippen molar-refractivity contribution in [2.45, 2.75) is 13.1 Å². The minimum Gasteiger partial charge on any atom is -0.481 e. The molecule has 0 atom stereocenters. The van der Waals surface area contributed by atoms with E-state index in [4.69, 9.17) is 4.74 Å². The Morgan fingerprint density at radius 1 is 1.14 bits per heavy atom. The molecule has 0 saturated heterocycles. The Labute approximate surface area is 168 Å². The lowest BCUT2D eigenvalue weighted by atomic mass is 10.1. The van der Waals surface area contributed by atoms with E-state index in [9.17, 15) is 9.59 Å². The van der Waals surface area contributed by atoms with Crippen LogP contribution in [0.2, 0.25) is 0 Å². The number of fused-ring (bicyclic) bond motifs is 1. The van der Waals surface area contributed by atoms with E-state index in [2.05, 4.69) is 9.84 Å². The Balaban J connectivity index is 1.47. The summed E-state index contributed by atoms with van der Waals surface area (Å²) in [5.41, 5.74) is 4.58. The Morgan fingerprint density at radius 3 is 2.62 bits per heavy atom. The second-order valence-corrected chi connectivity index (χ2v) is 6.92. The summed E-state index contributed by atoms with van der Waals surface area (Å²) in [5.74, 6) is -0.178. The molecule has 148 valence electrons. The van der Waals surface area contributed by atoms with E-state index in [1.165, 1.54) is 7.11 Å². The number of benzene rings is 2. The van der Waals surface area contributed by atoms with Gasteiger partial charge in [-0.1, -0.05) is 36.4 Å². The van der Waals surface area contributed by atoms with Crippen molar-refractivity contribution in [3.05, 3.63) is 71.5 Å². The van der Waals surface area contributed by atoms with Crippen molar-refractivity contribution in [3.63, 3.8) is 0 Å². The maximum atomic E-state index is 12.9. The quantitative estimate of drug-likeness (QED) is 0.604. The number of esters is 1. The number of hydrogen-bond acceptors (Lipinski definition) is 5. The normalized spacial score (nSPS) is 12.8. The lowest BCUT2D eigenvalue weighted by molar-refractivity contribution is -0.142. The zero-order valence-corrected chi connectivity index (χ0v) is 16.3. The topological polar surface area (TPSA) is 73.7 Å². The number of aryl methyl sites for hydroxylation is 1. The first-order chi connectivity index (χ1) is 14.0. The second-order valence-electron chi connectivity index (χ2n) is 6.92. The van der Waals surface area contributed by atoms with Crippen molar-refractivity contribution in [1.29, 1.82) is 0 Å². The van der Waals surface area contributed by atoms with Crippen LogP contribution < -0.4 is 4.74 Å². The summed E-state index contributed by atoms with van der Waals surface area (Å²) >= 11 is 0. The molecule has 0 N–H and O–H groups in total.